The van der Waals surface area contributed by atoms with Crippen molar-refractivity contribution in [3.8, 4) is 5.75 Å². The highest BCUT2D eigenvalue weighted by molar-refractivity contribution is 5.84. The van der Waals surface area contributed by atoms with Crippen LogP contribution in [-0.4, -0.2) is 52.7 Å². The molecule has 4 nitrogen and oxygen atoms in total. The lowest BCUT2D eigenvalue weighted by molar-refractivity contribution is -0.133. The monoisotopic (exact) mass is 418 g/mol. The molecular formula is C23H25F3N2O2. The number of halogens is 3. The van der Waals surface area contributed by atoms with Crippen LogP contribution in [0.25, 0.3) is 0 Å². The van der Waals surface area contributed by atoms with Crippen LogP contribution in [0.5, 0.6) is 5.75 Å². The molecule has 30 heavy (non-hydrogen) atoms. The zero-order valence-electron chi connectivity index (χ0n) is 16.8. The Morgan fingerprint density at radius 3 is 2.57 bits per heavy atom. The van der Waals surface area contributed by atoms with E-state index in [0.717, 1.165) is 5.56 Å². The van der Waals surface area contributed by atoms with Gasteiger partial charge in [-0.3, -0.25) is 9.69 Å². The van der Waals surface area contributed by atoms with Crippen LogP contribution < -0.4 is 0 Å². The van der Waals surface area contributed by atoms with Gasteiger partial charge in [0, 0.05) is 25.6 Å². The Kier molecular flexibility index (Phi) is 5.73. The van der Waals surface area contributed by atoms with Crippen molar-refractivity contribution in [3.05, 3.63) is 64.7 Å². The summed E-state index contributed by atoms with van der Waals surface area (Å²) < 4.78 is 42.4. The summed E-state index contributed by atoms with van der Waals surface area (Å²) >= 11 is 0. The van der Waals surface area contributed by atoms with Gasteiger partial charge in [0.1, 0.15) is 12.0 Å². The lowest BCUT2D eigenvalue weighted by Crippen LogP contribution is -2.49. The summed E-state index contributed by atoms with van der Waals surface area (Å²) in [5.41, 5.74) is 1.83. The summed E-state index contributed by atoms with van der Waals surface area (Å²) in [6, 6.07) is 8.58. The third-order valence-electron chi connectivity index (χ3n) is 6.29. The first-order valence-corrected chi connectivity index (χ1v) is 10.2. The van der Waals surface area contributed by atoms with Crippen LogP contribution in [0, 0.1) is 18.6 Å². The number of phenols is 1. The van der Waals surface area contributed by atoms with Gasteiger partial charge >= 0.3 is 0 Å². The molecule has 160 valence electrons. The molecule has 7 heteroatoms. The van der Waals surface area contributed by atoms with Crippen LogP contribution in [-0.2, 0) is 11.3 Å². The van der Waals surface area contributed by atoms with Crippen LogP contribution in [0.3, 0.4) is 0 Å². The third kappa shape index (κ3) is 4.03. The lowest BCUT2D eigenvalue weighted by Gasteiger charge is -2.37. The molecule has 2 fully saturated rings. The van der Waals surface area contributed by atoms with Crippen LogP contribution in [0.1, 0.15) is 35.4 Å². The van der Waals surface area contributed by atoms with E-state index in [1.54, 1.807) is 24.0 Å². The van der Waals surface area contributed by atoms with Gasteiger partial charge in [0.2, 0.25) is 5.91 Å². The van der Waals surface area contributed by atoms with E-state index in [1.807, 2.05) is 11.0 Å². The van der Waals surface area contributed by atoms with Crippen LogP contribution in [0.4, 0.5) is 13.2 Å². The number of hydrogen-bond acceptors (Lipinski definition) is 3. The zero-order valence-corrected chi connectivity index (χ0v) is 16.8. The van der Waals surface area contributed by atoms with Gasteiger partial charge in [0.15, 0.2) is 11.6 Å². The Balaban J connectivity index is 1.39. The number of hydrogen-bond donors (Lipinski definition) is 1. The number of carbonyl (C=O) groups excluding carboxylic acids is 1. The Morgan fingerprint density at radius 2 is 1.87 bits per heavy atom. The van der Waals surface area contributed by atoms with Gasteiger partial charge in [-0.2, -0.15) is 0 Å². The van der Waals surface area contributed by atoms with Crippen molar-refractivity contribution in [1.29, 1.82) is 0 Å². The average Bonchev–Trinajstić information content (AvgIpc) is 3.07. The van der Waals surface area contributed by atoms with E-state index in [2.05, 4.69) is 0 Å². The lowest BCUT2D eigenvalue weighted by atomic mass is 9.87. The molecular weight excluding hydrogens is 393 g/mol. The molecule has 2 aromatic carbocycles. The van der Waals surface area contributed by atoms with Gasteiger partial charge in [0.05, 0.1) is 6.04 Å². The molecule has 4 rings (SSSR count). The second-order valence-electron chi connectivity index (χ2n) is 8.26. The number of carbonyl (C=O) groups is 1. The van der Waals surface area contributed by atoms with Gasteiger partial charge in [-0.1, -0.05) is 18.2 Å². The topological polar surface area (TPSA) is 43.8 Å². The number of rotatable bonds is 4. The standard InChI is InChI=1S/C23H25F3N2O2/c1-14-2-3-15(10-18(14)24)12-28-9-7-21(23(28)30)27-8-6-17(20(26)13-27)16-4-5-22(29)19(25)11-16/h2-5,10-11,17,20-21,29H,6-9,12-13H2,1H3/t17-,20+,21+/m0/s1. The van der Waals surface area contributed by atoms with Crippen LogP contribution in [0.2, 0.25) is 0 Å². The second-order valence-corrected chi connectivity index (χ2v) is 8.26. The molecule has 0 spiro atoms. The Morgan fingerprint density at radius 1 is 1.07 bits per heavy atom. The van der Waals surface area contributed by atoms with E-state index in [1.165, 1.54) is 18.2 Å². The number of aromatic hydroxyl groups is 1. The first-order valence-electron chi connectivity index (χ1n) is 10.2. The van der Waals surface area contributed by atoms with Crippen molar-refractivity contribution in [2.45, 2.75) is 44.4 Å². The summed E-state index contributed by atoms with van der Waals surface area (Å²) in [7, 11) is 0. The SMILES string of the molecule is Cc1ccc(CN2CC[C@@H](N3CC[C@@H](c4ccc(O)c(F)c4)[C@H](F)C3)C2=O)cc1F. The van der Waals surface area contributed by atoms with E-state index in [-0.39, 0.29) is 24.3 Å². The molecule has 2 saturated heterocycles. The molecule has 1 N–H and O–H groups in total. The zero-order chi connectivity index (χ0) is 21.4. The van der Waals surface area contributed by atoms with Gasteiger partial charge < -0.3 is 10.0 Å². The smallest absolute Gasteiger partial charge is 0.240 e. The number of aryl methyl sites for hydroxylation is 1. The predicted molar refractivity (Wildman–Crippen MR) is 107 cm³/mol. The van der Waals surface area contributed by atoms with Gasteiger partial charge in [-0.25, -0.2) is 13.2 Å². The number of alkyl halides is 1. The van der Waals surface area contributed by atoms with Gasteiger partial charge in [-0.15, -0.1) is 0 Å². The molecule has 0 aliphatic carbocycles. The van der Waals surface area contributed by atoms with Crippen molar-refractivity contribution in [1.82, 2.24) is 9.80 Å². The Hall–Kier alpha value is -2.54. The first-order chi connectivity index (χ1) is 14.3. The minimum Gasteiger partial charge on any atom is -0.505 e. The number of piperidine rings is 1. The molecule has 3 atom stereocenters. The number of benzene rings is 2. The Labute approximate surface area is 173 Å². The molecule has 0 aromatic heterocycles. The number of amides is 1. The largest absolute Gasteiger partial charge is 0.505 e. The molecule has 0 unspecified atom stereocenters. The third-order valence-corrected chi connectivity index (χ3v) is 6.29. The maximum absolute atomic E-state index is 14.9. The molecule has 0 radical (unpaired) electrons. The van der Waals surface area contributed by atoms with E-state index in [4.69, 9.17) is 0 Å². The summed E-state index contributed by atoms with van der Waals surface area (Å²) in [6.07, 6.45) is -0.146. The highest BCUT2D eigenvalue weighted by Crippen LogP contribution is 2.34. The minimum atomic E-state index is -1.23. The number of likely N-dealkylation sites (tertiary alicyclic amines) is 2. The molecule has 2 aromatic rings. The summed E-state index contributed by atoms with van der Waals surface area (Å²) in [5.74, 6) is -2.01. The number of phenolic OH excluding ortho intramolecular Hbond substituents is 1. The normalized spacial score (nSPS) is 25.1. The number of nitrogens with zero attached hydrogens (tertiary/aromatic N) is 2. The van der Waals surface area contributed by atoms with Crippen molar-refractivity contribution in [2.75, 3.05) is 19.6 Å². The summed E-state index contributed by atoms with van der Waals surface area (Å²) in [6.45, 7) is 3.24. The fraction of sp³-hybridized carbons (Fsp3) is 0.435. The van der Waals surface area contributed by atoms with E-state index in [9.17, 15) is 23.1 Å². The quantitative estimate of drug-likeness (QED) is 0.819. The van der Waals surface area contributed by atoms with Crippen LogP contribution in [0.15, 0.2) is 36.4 Å². The fourth-order valence-corrected chi connectivity index (χ4v) is 4.51. The average molecular weight is 418 g/mol. The molecule has 0 bridgehead atoms. The van der Waals surface area contributed by atoms with Crippen molar-refractivity contribution in [2.24, 2.45) is 0 Å². The van der Waals surface area contributed by atoms with E-state index >= 15 is 0 Å². The molecule has 1 amide bonds. The molecule has 0 saturated carbocycles. The molecule has 2 heterocycles. The molecule has 2 aliphatic heterocycles. The highest BCUT2D eigenvalue weighted by Gasteiger charge is 2.40. The minimum absolute atomic E-state index is 0.0580. The molecule has 2 aliphatic rings. The van der Waals surface area contributed by atoms with Crippen molar-refractivity contribution >= 4 is 5.91 Å². The van der Waals surface area contributed by atoms with E-state index < -0.39 is 23.7 Å². The van der Waals surface area contributed by atoms with Crippen molar-refractivity contribution < 1.29 is 23.1 Å². The highest BCUT2D eigenvalue weighted by atomic mass is 19.1. The first kappa shape index (κ1) is 20.7. The second kappa shape index (κ2) is 8.30. The maximum Gasteiger partial charge on any atom is 0.240 e. The maximum atomic E-state index is 14.9. The Bertz CT molecular complexity index is 952. The summed E-state index contributed by atoms with van der Waals surface area (Å²) in [5, 5.41) is 9.34. The van der Waals surface area contributed by atoms with Crippen molar-refractivity contribution in [3.63, 3.8) is 0 Å². The van der Waals surface area contributed by atoms with Gasteiger partial charge in [-0.05, 0) is 61.2 Å². The summed E-state index contributed by atoms with van der Waals surface area (Å²) in [4.78, 5) is 16.5. The van der Waals surface area contributed by atoms with Crippen LogP contribution >= 0.6 is 0 Å². The van der Waals surface area contributed by atoms with E-state index in [0.29, 0.717) is 43.6 Å². The fourth-order valence-electron chi connectivity index (χ4n) is 4.51. The predicted octanol–water partition coefficient (Wildman–Crippen LogP) is 3.91. The van der Waals surface area contributed by atoms with Gasteiger partial charge in [0.25, 0.3) is 0 Å².